The van der Waals surface area contributed by atoms with Crippen molar-refractivity contribution in [3.8, 4) is 5.75 Å². The number of carbonyl (C=O) groups is 2. The molecule has 0 spiro atoms. The Labute approximate surface area is 123 Å². The number of hydrogen-bond acceptors (Lipinski definition) is 3. The predicted molar refractivity (Wildman–Crippen MR) is 79.5 cm³/mol. The van der Waals surface area contributed by atoms with Crippen LogP contribution in [-0.2, 0) is 9.59 Å². The lowest BCUT2D eigenvalue weighted by Crippen LogP contribution is -2.29. The molecule has 0 fully saturated rings. The highest BCUT2D eigenvalue weighted by atomic mass is 79.9. The largest absolute Gasteiger partial charge is 0.506 e. The van der Waals surface area contributed by atoms with Crippen LogP contribution >= 0.6 is 15.9 Å². The summed E-state index contributed by atoms with van der Waals surface area (Å²) >= 11 is 3.27. The van der Waals surface area contributed by atoms with Gasteiger partial charge in [-0.05, 0) is 30.3 Å². The van der Waals surface area contributed by atoms with Gasteiger partial charge in [0.1, 0.15) is 5.75 Å². The van der Waals surface area contributed by atoms with E-state index in [-0.39, 0.29) is 11.4 Å². The molecule has 0 aromatic heterocycles. The molecule has 3 N–H and O–H groups in total. The zero-order valence-corrected chi connectivity index (χ0v) is 11.8. The van der Waals surface area contributed by atoms with Gasteiger partial charge < -0.3 is 15.7 Å². The first-order chi connectivity index (χ1) is 9.56. The highest BCUT2D eigenvalue weighted by molar-refractivity contribution is 9.10. The minimum absolute atomic E-state index is 0.101. The quantitative estimate of drug-likeness (QED) is 0.583. The van der Waals surface area contributed by atoms with Crippen molar-refractivity contribution in [1.82, 2.24) is 0 Å². The van der Waals surface area contributed by atoms with E-state index in [1.165, 1.54) is 12.1 Å². The van der Waals surface area contributed by atoms with Gasteiger partial charge in [0.2, 0.25) is 0 Å². The summed E-state index contributed by atoms with van der Waals surface area (Å²) in [6, 6.07) is 13.1. The summed E-state index contributed by atoms with van der Waals surface area (Å²) in [5.74, 6) is -1.77. The fourth-order valence-electron chi connectivity index (χ4n) is 1.51. The van der Waals surface area contributed by atoms with Crippen molar-refractivity contribution >= 4 is 39.1 Å². The van der Waals surface area contributed by atoms with Crippen molar-refractivity contribution in [1.29, 1.82) is 0 Å². The molecule has 0 unspecified atom stereocenters. The maximum absolute atomic E-state index is 11.7. The lowest BCUT2D eigenvalue weighted by atomic mass is 10.3. The molecule has 6 heteroatoms. The SMILES string of the molecule is O=C(Nc1cccc(Br)c1)C(=O)Nc1ccccc1O. The molecule has 102 valence electrons. The Morgan fingerprint density at radius 3 is 2.35 bits per heavy atom. The molecule has 0 aliphatic carbocycles. The van der Waals surface area contributed by atoms with Gasteiger partial charge in [-0.2, -0.15) is 0 Å². The van der Waals surface area contributed by atoms with E-state index >= 15 is 0 Å². The number of hydrogen-bond donors (Lipinski definition) is 3. The Balaban J connectivity index is 2.03. The Morgan fingerprint density at radius 1 is 0.950 bits per heavy atom. The summed E-state index contributed by atoms with van der Waals surface area (Å²) in [4.78, 5) is 23.4. The fraction of sp³-hybridized carbons (Fsp3) is 0. The average Bonchev–Trinajstić information content (AvgIpc) is 2.41. The van der Waals surface area contributed by atoms with Crippen molar-refractivity contribution in [2.24, 2.45) is 0 Å². The van der Waals surface area contributed by atoms with Crippen LogP contribution in [-0.4, -0.2) is 16.9 Å². The lowest BCUT2D eigenvalue weighted by Gasteiger charge is -2.07. The smallest absolute Gasteiger partial charge is 0.314 e. The maximum Gasteiger partial charge on any atom is 0.314 e. The van der Waals surface area contributed by atoms with E-state index in [2.05, 4.69) is 26.6 Å². The van der Waals surface area contributed by atoms with Crippen LogP contribution in [0.5, 0.6) is 5.75 Å². The number of phenolic OH excluding ortho intramolecular Hbond substituents is 1. The number of rotatable bonds is 2. The van der Waals surface area contributed by atoms with Crippen molar-refractivity contribution in [2.45, 2.75) is 0 Å². The van der Waals surface area contributed by atoms with E-state index in [4.69, 9.17) is 0 Å². The summed E-state index contributed by atoms with van der Waals surface area (Å²) in [6.07, 6.45) is 0. The number of nitrogens with one attached hydrogen (secondary N) is 2. The summed E-state index contributed by atoms with van der Waals surface area (Å²) in [5, 5.41) is 14.3. The Hall–Kier alpha value is -2.34. The molecule has 0 atom stereocenters. The number of halogens is 1. The molecule has 2 aromatic carbocycles. The van der Waals surface area contributed by atoms with Gasteiger partial charge in [0.05, 0.1) is 5.69 Å². The summed E-state index contributed by atoms with van der Waals surface area (Å²) in [6.45, 7) is 0. The Kier molecular flexibility index (Phi) is 4.37. The average molecular weight is 335 g/mol. The van der Waals surface area contributed by atoms with Crippen LogP contribution in [0.15, 0.2) is 53.0 Å². The molecule has 0 saturated carbocycles. The highest BCUT2D eigenvalue weighted by Gasteiger charge is 2.15. The van der Waals surface area contributed by atoms with Crippen molar-refractivity contribution in [2.75, 3.05) is 10.6 Å². The second-order valence-corrected chi connectivity index (χ2v) is 4.85. The topological polar surface area (TPSA) is 78.4 Å². The maximum atomic E-state index is 11.7. The lowest BCUT2D eigenvalue weighted by molar-refractivity contribution is -0.133. The summed E-state index contributed by atoms with van der Waals surface area (Å²) in [5.41, 5.74) is 0.679. The highest BCUT2D eigenvalue weighted by Crippen LogP contribution is 2.21. The zero-order chi connectivity index (χ0) is 14.5. The summed E-state index contributed by atoms with van der Waals surface area (Å²) < 4.78 is 0.788. The number of anilines is 2. The second-order valence-electron chi connectivity index (χ2n) is 3.94. The molecule has 2 rings (SSSR count). The third kappa shape index (κ3) is 3.58. The van der Waals surface area contributed by atoms with E-state index in [0.717, 1.165) is 4.47 Å². The first kappa shape index (κ1) is 14.1. The van der Waals surface area contributed by atoms with Gasteiger partial charge in [-0.3, -0.25) is 9.59 Å². The second kappa shape index (κ2) is 6.21. The van der Waals surface area contributed by atoms with Gasteiger partial charge in [0.25, 0.3) is 0 Å². The Bertz CT molecular complexity index is 658. The number of phenols is 1. The molecule has 2 aromatic rings. The summed E-state index contributed by atoms with van der Waals surface area (Å²) in [7, 11) is 0. The Morgan fingerprint density at radius 2 is 1.65 bits per heavy atom. The monoisotopic (exact) mass is 334 g/mol. The molecular weight excluding hydrogens is 324 g/mol. The number of amides is 2. The standard InChI is InChI=1S/C14H11BrN2O3/c15-9-4-3-5-10(8-9)16-13(19)14(20)17-11-6-1-2-7-12(11)18/h1-8,18H,(H,16,19)(H,17,20). The van der Waals surface area contributed by atoms with Gasteiger partial charge >= 0.3 is 11.8 Å². The van der Waals surface area contributed by atoms with Crippen molar-refractivity contribution in [3.63, 3.8) is 0 Å². The van der Waals surface area contributed by atoms with Crippen molar-refractivity contribution < 1.29 is 14.7 Å². The van der Waals surface area contributed by atoms with Crippen LogP contribution < -0.4 is 10.6 Å². The molecule has 0 heterocycles. The third-order valence-corrected chi connectivity index (χ3v) is 2.93. The first-order valence-electron chi connectivity index (χ1n) is 5.72. The molecule has 0 radical (unpaired) electrons. The van der Waals surface area contributed by atoms with Gasteiger partial charge in [0.15, 0.2) is 0 Å². The first-order valence-corrected chi connectivity index (χ1v) is 6.51. The number of benzene rings is 2. The van der Waals surface area contributed by atoms with E-state index < -0.39 is 11.8 Å². The normalized spacial score (nSPS) is 9.85. The van der Waals surface area contributed by atoms with Crippen LogP contribution in [0.1, 0.15) is 0 Å². The molecule has 0 saturated heterocycles. The zero-order valence-electron chi connectivity index (χ0n) is 10.3. The van der Waals surface area contributed by atoms with Crippen LogP contribution in [0, 0.1) is 0 Å². The van der Waals surface area contributed by atoms with Gasteiger partial charge in [0, 0.05) is 10.2 Å². The van der Waals surface area contributed by atoms with Crippen molar-refractivity contribution in [3.05, 3.63) is 53.0 Å². The fourth-order valence-corrected chi connectivity index (χ4v) is 1.91. The number of para-hydroxylation sites is 2. The number of aromatic hydroxyl groups is 1. The molecule has 0 aliphatic rings. The van der Waals surface area contributed by atoms with E-state index in [9.17, 15) is 14.7 Å². The third-order valence-electron chi connectivity index (χ3n) is 2.44. The minimum atomic E-state index is -0.855. The molecule has 0 aliphatic heterocycles. The molecule has 2 amide bonds. The number of carbonyl (C=O) groups excluding carboxylic acids is 2. The van der Waals surface area contributed by atoms with Crippen LogP contribution in [0.3, 0.4) is 0 Å². The van der Waals surface area contributed by atoms with Crippen LogP contribution in [0.2, 0.25) is 0 Å². The molecule has 20 heavy (non-hydrogen) atoms. The van der Waals surface area contributed by atoms with Gasteiger partial charge in [-0.15, -0.1) is 0 Å². The molecule has 0 bridgehead atoms. The van der Waals surface area contributed by atoms with Crippen LogP contribution in [0.4, 0.5) is 11.4 Å². The molecule has 5 nitrogen and oxygen atoms in total. The van der Waals surface area contributed by atoms with E-state index in [1.54, 1.807) is 36.4 Å². The van der Waals surface area contributed by atoms with Gasteiger partial charge in [-0.1, -0.05) is 34.1 Å². The van der Waals surface area contributed by atoms with Gasteiger partial charge in [-0.25, -0.2) is 0 Å². The molecular formula is C14H11BrN2O3. The van der Waals surface area contributed by atoms with Crippen LogP contribution in [0.25, 0.3) is 0 Å². The predicted octanol–water partition coefficient (Wildman–Crippen LogP) is 2.73. The van der Waals surface area contributed by atoms with E-state index in [1.807, 2.05) is 0 Å². The van der Waals surface area contributed by atoms with E-state index in [0.29, 0.717) is 5.69 Å². The minimum Gasteiger partial charge on any atom is -0.506 e.